The SMILES string of the molecule is Cc1nn(C)c(C)c1CN1CCCCC1c1cc(=O)n2ccnc2[nH]1. The zero-order valence-corrected chi connectivity index (χ0v) is 15.0. The first-order valence-corrected chi connectivity index (χ1v) is 8.84. The van der Waals surface area contributed by atoms with Crippen molar-refractivity contribution in [3.05, 3.63) is 51.5 Å². The zero-order chi connectivity index (χ0) is 17.6. The molecule has 1 unspecified atom stereocenters. The van der Waals surface area contributed by atoms with Gasteiger partial charge in [0.2, 0.25) is 5.78 Å². The van der Waals surface area contributed by atoms with Gasteiger partial charge in [0.25, 0.3) is 5.56 Å². The molecule has 1 saturated heterocycles. The number of hydrogen-bond acceptors (Lipinski definition) is 4. The van der Waals surface area contributed by atoms with E-state index in [-0.39, 0.29) is 11.6 Å². The van der Waals surface area contributed by atoms with Gasteiger partial charge in [-0.25, -0.2) is 4.98 Å². The van der Waals surface area contributed by atoms with Gasteiger partial charge in [-0.15, -0.1) is 0 Å². The summed E-state index contributed by atoms with van der Waals surface area (Å²) in [6.45, 7) is 6.07. The predicted molar refractivity (Wildman–Crippen MR) is 95.5 cm³/mol. The van der Waals surface area contributed by atoms with Gasteiger partial charge in [0.05, 0.1) is 11.7 Å². The highest BCUT2D eigenvalue weighted by atomic mass is 16.1. The Hall–Kier alpha value is -2.41. The van der Waals surface area contributed by atoms with E-state index in [1.165, 1.54) is 24.1 Å². The molecule has 1 fully saturated rings. The van der Waals surface area contributed by atoms with Crippen LogP contribution in [0.4, 0.5) is 0 Å². The summed E-state index contributed by atoms with van der Waals surface area (Å²) in [6.07, 6.45) is 6.75. The van der Waals surface area contributed by atoms with Gasteiger partial charge in [-0.2, -0.15) is 5.10 Å². The van der Waals surface area contributed by atoms with Crippen LogP contribution in [0.1, 0.15) is 47.9 Å². The lowest BCUT2D eigenvalue weighted by molar-refractivity contribution is 0.136. The number of aromatic amines is 1. The van der Waals surface area contributed by atoms with Gasteiger partial charge >= 0.3 is 0 Å². The van der Waals surface area contributed by atoms with Crippen LogP contribution in [0.15, 0.2) is 23.3 Å². The number of fused-ring (bicyclic) bond motifs is 1. The number of H-pyrrole nitrogens is 1. The number of nitrogens with zero attached hydrogens (tertiary/aromatic N) is 5. The summed E-state index contributed by atoms with van der Waals surface area (Å²) in [5, 5.41) is 4.54. The third-order valence-electron chi connectivity index (χ3n) is 5.41. The number of aromatic nitrogens is 5. The first kappa shape index (κ1) is 16.1. The van der Waals surface area contributed by atoms with Crippen molar-refractivity contribution in [1.82, 2.24) is 29.0 Å². The van der Waals surface area contributed by atoms with Crippen molar-refractivity contribution < 1.29 is 0 Å². The highest BCUT2D eigenvalue weighted by molar-refractivity contribution is 5.30. The van der Waals surface area contributed by atoms with Crippen LogP contribution >= 0.6 is 0 Å². The van der Waals surface area contributed by atoms with Gasteiger partial charge in [-0.1, -0.05) is 6.42 Å². The molecule has 0 aromatic carbocycles. The largest absolute Gasteiger partial charge is 0.327 e. The molecule has 1 aliphatic rings. The van der Waals surface area contributed by atoms with Crippen LogP contribution in [0.5, 0.6) is 0 Å². The Bertz CT molecular complexity index is 966. The average Bonchev–Trinajstić information content (AvgIpc) is 3.16. The smallest absolute Gasteiger partial charge is 0.259 e. The minimum atomic E-state index is -0.0273. The molecule has 0 radical (unpaired) electrons. The lowest BCUT2D eigenvalue weighted by Gasteiger charge is -2.35. The van der Waals surface area contributed by atoms with Gasteiger partial charge < -0.3 is 4.98 Å². The molecule has 0 spiro atoms. The number of likely N-dealkylation sites (tertiary alicyclic amines) is 1. The summed E-state index contributed by atoms with van der Waals surface area (Å²) in [7, 11) is 1.99. The molecule has 0 saturated carbocycles. The molecule has 7 nitrogen and oxygen atoms in total. The normalized spacial score (nSPS) is 18.9. The van der Waals surface area contributed by atoms with Crippen LogP contribution in [0.2, 0.25) is 0 Å². The lowest BCUT2D eigenvalue weighted by atomic mass is 9.98. The summed E-state index contributed by atoms with van der Waals surface area (Å²) in [5.74, 6) is 0.613. The van der Waals surface area contributed by atoms with Crippen molar-refractivity contribution in [3.63, 3.8) is 0 Å². The summed E-state index contributed by atoms with van der Waals surface area (Å²) >= 11 is 0. The third kappa shape index (κ3) is 2.78. The van der Waals surface area contributed by atoms with Crippen LogP contribution in [0.3, 0.4) is 0 Å². The first-order valence-electron chi connectivity index (χ1n) is 8.84. The second kappa shape index (κ2) is 6.15. The van der Waals surface area contributed by atoms with Crippen LogP contribution in [-0.4, -0.2) is 35.6 Å². The maximum atomic E-state index is 12.4. The van der Waals surface area contributed by atoms with E-state index in [1.54, 1.807) is 22.9 Å². The van der Waals surface area contributed by atoms with E-state index in [2.05, 4.69) is 33.8 Å². The van der Waals surface area contributed by atoms with Gasteiger partial charge in [0.1, 0.15) is 0 Å². The van der Waals surface area contributed by atoms with Gasteiger partial charge in [-0.3, -0.25) is 18.8 Å². The van der Waals surface area contributed by atoms with E-state index < -0.39 is 0 Å². The molecule has 1 N–H and O–H groups in total. The molecule has 0 amide bonds. The second-order valence-electron chi connectivity index (χ2n) is 6.94. The number of nitrogens with one attached hydrogen (secondary N) is 1. The average molecular weight is 340 g/mol. The minimum absolute atomic E-state index is 0.0273. The molecule has 3 aromatic heterocycles. The van der Waals surface area contributed by atoms with Gasteiger partial charge in [0.15, 0.2) is 0 Å². The Morgan fingerprint density at radius 2 is 2.16 bits per heavy atom. The van der Waals surface area contributed by atoms with Crippen molar-refractivity contribution in [2.45, 2.75) is 45.7 Å². The molecule has 1 atom stereocenters. The first-order chi connectivity index (χ1) is 12.0. The third-order valence-corrected chi connectivity index (χ3v) is 5.41. The van der Waals surface area contributed by atoms with Crippen LogP contribution in [0, 0.1) is 13.8 Å². The molecular formula is C18H24N6O. The zero-order valence-electron chi connectivity index (χ0n) is 15.0. The molecule has 7 heteroatoms. The lowest BCUT2D eigenvalue weighted by Crippen LogP contribution is -2.34. The monoisotopic (exact) mass is 340 g/mol. The molecule has 0 bridgehead atoms. The van der Waals surface area contributed by atoms with Crippen molar-refractivity contribution >= 4 is 5.78 Å². The molecule has 4 heterocycles. The molecule has 132 valence electrons. The summed E-state index contributed by atoms with van der Waals surface area (Å²) < 4.78 is 3.49. The predicted octanol–water partition coefficient (Wildman–Crippen LogP) is 2.10. The summed E-state index contributed by atoms with van der Waals surface area (Å²) in [6, 6.07) is 1.93. The second-order valence-corrected chi connectivity index (χ2v) is 6.94. The van der Waals surface area contributed by atoms with E-state index >= 15 is 0 Å². The summed E-state index contributed by atoms with van der Waals surface area (Å²) in [5.41, 5.74) is 4.52. The molecule has 4 rings (SSSR count). The van der Waals surface area contributed by atoms with E-state index in [0.717, 1.165) is 30.9 Å². The molecule has 1 aliphatic heterocycles. The number of rotatable bonds is 3. The van der Waals surface area contributed by atoms with Crippen molar-refractivity contribution in [2.75, 3.05) is 6.54 Å². The molecule has 0 aliphatic carbocycles. The number of hydrogen-bond donors (Lipinski definition) is 1. The quantitative estimate of drug-likeness (QED) is 0.793. The Kier molecular flexibility index (Phi) is 3.95. The fourth-order valence-electron chi connectivity index (χ4n) is 3.90. The standard InChI is InChI=1S/C18H24N6O/c1-12-14(13(2)22(3)21-12)11-23-8-5-4-6-16(23)15-10-17(25)24-9-7-19-18(24)20-15/h7,9-10,16H,4-6,8,11H2,1-3H3,(H,19,20). The van der Waals surface area contributed by atoms with Crippen LogP contribution in [-0.2, 0) is 13.6 Å². The molecule has 3 aromatic rings. The highest BCUT2D eigenvalue weighted by Gasteiger charge is 2.27. The summed E-state index contributed by atoms with van der Waals surface area (Å²) in [4.78, 5) is 22.4. The van der Waals surface area contributed by atoms with Gasteiger partial charge in [0, 0.05) is 49.0 Å². The van der Waals surface area contributed by atoms with Crippen LogP contribution < -0.4 is 5.56 Å². The van der Waals surface area contributed by atoms with Crippen LogP contribution in [0.25, 0.3) is 5.78 Å². The number of piperidine rings is 1. The minimum Gasteiger partial charge on any atom is -0.327 e. The van der Waals surface area contributed by atoms with E-state index in [1.807, 2.05) is 11.7 Å². The highest BCUT2D eigenvalue weighted by Crippen LogP contribution is 2.31. The topological polar surface area (TPSA) is 71.2 Å². The van der Waals surface area contributed by atoms with Crippen molar-refractivity contribution in [2.24, 2.45) is 7.05 Å². The number of aryl methyl sites for hydroxylation is 2. The fraction of sp³-hybridized carbons (Fsp3) is 0.500. The molecule has 25 heavy (non-hydrogen) atoms. The molecular weight excluding hydrogens is 316 g/mol. The maximum absolute atomic E-state index is 12.4. The Morgan fingerprint density at radius 3 is 2.92 bits per heavy atom. The van der Waals surface area contributed by atoms with E-state index in [0.29, 0.717) is 5.78 Å². The maximum Gasteiger partial charge on any atom is 0.259 e. The van der Waals surface area contributed by atoms with Gasteiger partial charge in [-0.05, 0) is 33.2 Å². The number of imidazole rings is 1. The Balaban J connectivity index is 1.69. The Morgan fingerprint density at radius 1 is 1.32 bits per heavy atom. The van der Waals surface area contributed by atoms with E-state index in [4.69, 9.17) is 0 Å². The van der Waals surface area contributed by atoms with E-state index in [9.17, 15) is 4.79 Å². The van der Waals surface area contributed by atoms with Crippen molar-refractivity contribution in [1.29, 1.82) is 0 Å². The Labute approximate surface area is 146 Å². The fourth-order valence-corrected chi connectivity index (χ4v) is 3.90. The van der Waals surface area contributed by atoms with Crippen molar-refractivity contribution in [3.8, 4) is 0 Å².